The maximum atomic E-state index is 12.7. The van der Waals surface area contributed by atoms with Crippen LogP contribution in [0.15, 0.2) is 0 Å². The maximum absolute atomic E-state index is 12.7. The number of rotatable bonds is 2. The zero-order chi connectivity index (χ0) is 10.8. The van der Waals surface area contributed by atoms with Gasteiger partial charge in [-0.2, -0.15) is 8.78 Å². The molecule has 1 unspecified atom stereocenters. The quantitative estimate of drug-likeness (QED) is 0.511. The van der Waals surface area contributed by atoms with E-state index in [1.54, 1.807) is 0 Å². The molecule has 0 bridgehead atoms. The van der Waals surface area contributed by atoms with Crippen molar-refractivity contribution < 1.29 is 18.4 Å². The molecule has 0 N–H and O–H groups in total. The SMILES string of the molecule is CC(F)(F)C(=O)C1CCCCCC1=O. The predicted molar refractivity (Wildman–Crippen MR) is 47.2 cm³/mol. The molecule has 14 heavy (non-hydrogen) atoms. The Balaban J connectivity index is 2.74. The normalized spacial score (nSPS) is 24.5. The minimum atomic E-state index is -3.37. The van der Waals surface area contributed by atoms with Crippen molar-refractivity contribution >= 4 is 11.6 Å². The van der Waals surface area contributed by atoms with E-state index in [2.05, 4.69) is 0 Å². The molecule has 0 heterocycles. The molecule has 1 aliphatic carbocycles. The molecular formula is C10H14F2O2. The number of Topliss-reactive ketones (excluding diaryl/α,β-unsaturated/α-hetero) is 2. The highest BCUT2D eigenvalue weighted by Crippen LogP contribution is 2.27. The van der Waals surface area contributed by atoms with E-state index in [9.17, 15) is 18.4 Å². The van der Waals surface area contributed by atoms with Gasteiger partial charge in [0, 0.05) is 13.3 Å². The Morgan fingerprint density at radius 2 is 2.00 bits per heavy atom. The lowest BCUT2D eigenvalue weighted by molar-refractivity contribution is -0.149. The summed E-state index contributed by atoms with van der Waals surface area (Å²) in [6.45, 7) is 0.563. The van der Waals surface area contributed by atoms with Gasteiger partial charge in [0.05, 0.1) is 5.92 Å². The molecule has 2 nitrogen and oxygen atoms in total. The van der Waals surface area contributed by atoms with Crippen molar-refractivity contribution in [2.75, 3.05) is 0 Å². The van der Waals surface area contributed by atoms with Crippen LogP contribution in [-0.2, 0) is 9.59 Å². The van der Waals surface area contributed by atoms with Crippen LogP contribution < -0.4 is 0 Å². The highest BCUT2D eigenvalue weighted by molar-refractivity contribution is 6.05. The van der Waals surface area contributed by atoms with Gasteiger partial charge in [0.2, 0.25) is 5.78 Å². The van der Waals surface area contributed by atoms with Crippen molar-refractivity contribution in [3.05, 3.63) is 0 Å². The first-order valence-electron chi connectivity index (χ1n) is 4.88. The average Bonchev–Trinajstić information content (AvgIpc) is 2.27. The predicted octanol–water partition coefficient (Wildman–Crippen LogP) is 2.36. The molecule has 0 saturated heterocycles. The molecule has 1 fully saturated rings. The first-order valence-corrected chi connectivity index (χ1v) is 4.88. The maximum Gasteiger partial charge on any atom is 0.303 e. The summed E-state index contributed by atoms with van der Waals surface area (Å²) in [4.78, 5) is 22.6. The van der Waals surface area contributed by atoms with Crippen LogP contribution in [0.5, 0.6) is 0 Å². The number of halogens is 2. The monoisotopic (exact) mass is 204 g/mol. The minimum Gasteiger partial charge on any atom is -0.299 e. The van der Waals surface area contributed by atoms with Gasteiger partial charge in [-0.25, -0.2) is 0 Å². The van der Waals surface area contributed by atoms with Crippen molar-refractivity contribution in [1.82, 2.24) is 0 Å². The molecule has 0 spiro atoms. The molecule has 4 heteroatoms. The summed E-state index contributed by atoms with van der Waals surface area (Å²) in [5.41, 5.74) is 0. The van der Waals surface area contributed by atoms with E-state index < -0.39 is 17.6 Å². The van der Waals surface area contributed by atoms with Gasteiger partial charge in [0.15, 0.2) is 0 Å². The highest BCUT2D eigenvalue weighted by atomic mass is 19.3. The van der Waals surface area contributed by atoms with Crippen LogP contribution in [0.4, 0.5) is 8.78 Å². The van der Waals surface area contributed by atoms with E-state index in [1.807, 2.05) is 0 Å². The minimum absolute atomic E-state index is 0.270. The molecule has 0 aromatic rings. The molecule has 0 radical (unpaired) electrons. The number of alkyl halides is 2. The van der Waals surface area contributed by atoms with Crippen LogP contribution >= 0.6 is 0 Å². The van der Waals surface area contributed by atoms with E-state index in [4.69, 9.17) is 0 Å². The van der Waals surface area contributed by atoms with Crippen LogP contribution in [-0.4, -0.2) is 17.5 Å². The highest BCUT2D eigenvalue weighted by Gasteiger charge is 2.41. The van der Waals surface area contributed by atoms with Gasteiger partial charge in [0.25, 0.3) is 0 Å². The van der Waals surface area contributed by atoms with Crippen molar-refractivity contribution in [2.45, 2.75) is 45.0 Å². The van der Waals surface area contributed by atoms with Gasteiger partial charge < -0.3 is 0 Å². The number of carbonyl (C=O) groups excluding carboxylic acids is 2. The molecule has 1 rings (SSSR count). The van der Waals surface area contributed by atoms with E-state index >= 15 is 0 Å². The van der Waals surface area contributed by atoms with Crippen molar-refractivity contribution in [3.8, 4) is 0 Å². The second-order valence-electron chi connectivity index (χ2n) is 3.87. The summed E-state index contributed by atoms with van der Waals surface area (Å²) in [6.07, 6.45) is 2.83. The zero-order valence-electron chi connectivity index (χ0n) is 8.19. The molecule has 1 aliphatic rings. The van der Waals surface area contributed by atoms with Crippen molar-refractivity contribution in [3.63, 3.8) is 0 Å². The van der Waals surface area contributed by atoms with E-state index in [0.29, 0.717) is 19.8 Å². The molecule has 0 aromatic carbocycles. The van der Waals surface area contributed by atoms with Gasteiger partial charge in [-0.05, 0) is 12.8 Å². The Bertz CT molecular complexity index is 243. The van der Waals surface area contributed by atoms with Crippen LogP contribution in [0, 0.1) is 5.92 Å². The molecule has 0 aliphatic heterocycles. The largest absolute Gasteiger partial charge is 0.303 e. The number of ketones is 2. The van der Waals surface area contributed by atoms with Crippen LogP contribution in [0.2, 0.25) is 0 Å². The lowest BCUT2D eigenvalue weighted by Gasteiger charge is -2.16. The van der Waals surface area contributed by atoms with E-state index in [-0.39, 0.29) is 12.2 Å². The standard InChI is InChI=1S/C10H14F2O2/c1-10(11,12)9(14)7-5-3-2-4-6-8(7)13/h7H,2-6H2,1H3. The van der Waals surface area contributed by atoms with Crippen molar-refractivity contribution in [1.29, 1.82) is 0 Å². The Morgan fingerprint density at radius 1 is 1.36 bits per heavy atom. The van der Waals surface area contributed by atoms with Crippen molar-refractivity contribution in [2.24, 2.45) is 5.92 Å². The van der Waals surface area contributed by atoms with Gasteiger partial charge >= 0.3 is 5.92 Å². The van der Waals surface area contributed by atoms with Crippen LogP contribution in [0.1, 0.15) is 39.0 Å². The molecule has 0 amide bonds. The number of hydrogen-bond acceptors (Lipinski definition) is 2. The van der Waals surface area contributed by atoms with Gasteiger partial charge in [-0.15, -0.1) is 0 Å². The number of carbonyl (C=O) groups is 2. The lowest BCUT2D eigenvalue weighted by Crippen LogP contribution is -2.35. The summed E-state index contributed by atoms with van der Waals surface area (Å²) in [5, 5.41) is 0. The third kappa shape index (κ3) is 2.59. The fourth-order valence-electron chi connectivity index (χ4n) is 1.74. The molecular weight excluding hydrogens is 190 g/mol. The number of hydrogen-bond donors (Lipinski definition) is 0. The van der Waals surface area contributed by atoms with E-state index in [1.165, 1.54) is 0 Å². The third-order valence-corrected chi connectivity index (χ3v) is 2.55. The molecule has 80 valence electrons. The second-order valence-corrected chi connectivity index (χ2v) is 3.87. The average molecular weight is 204 g/mol. The molecule has 0 aromatic heterocycles. The topological polar surface area (TPSA) is 34.1 Å². The van der Waals surface area contributed by atoms with Crippen LogP contribution in [0.25, 0.3) is 0 Å². The summed E-state index contributed by atoms with van der Waals surface area (Å²) in [7, 11) is 0. The lowest BCUT2D eigenvalue weighted by atomic mass is 9.91. The van der Waals surface area contributed by atoms with Gasteiger partial charge in [-0.3, -0.25) is 9.59 Å². The Labute approximate surface area is 81.7 Å². The molecule has 1 saturated carbocycles. The van der Waals surface area contributed by atoms with E-state index in [0.717, 1.165) is 12.8 Å². The third-order valence-electron chi connectivity index (χ3n) is 2.55. The smallest absolute Gasteiger partial charge is 0.299 e. The Morgan fingerprint density at radius 3 is 2.57 bits per heavy atom. The Kier molecular flexibility index (Phi) is 3.34. The first-order chi connectivity index (χ1) is 6.43. The zero-order valence-corrected chi connectivity index (χ0v) is 8.19. The summed E-state index contributed by atoms with van der Waals surface area (Å²) in [5.74, 6) is -5.94. The van der Waals surface area contributed by atoms with Gasteiger partial charge in [0.1, 0.15) is 5.78 Å². The Hall–Kier alpha value is -0.800. The molecule has 1 atom stereocenters. The summed E-state index contributed by atoms with van der Waals surface area (Å²) >= 11 is 0. The van der Waals surface area contributed by atoms with Gasteiger partial charge in [-0.1, -0.05) is 12.8 Å². The van der Waals surface area contributed by atoms with Crippen LogP contribution in [0.3, 0.4) is 0 Å². The summed E-state index contributed by atoms with van der Waals surface area (Å²) in [6, 6.07) is 0. The fraction of sp³-hybridized carbons (Fsp3) is 0.800. The fourth-order valence-corrected chi connectivity index (χ4v) is 1.74. The summed E-state index contributed by atoms with van der Waals surface area (Å²) < 4.78 is 25.4. The first kappa shape index (κ1) is 11.3. The second kappa shape index (κ2) is 4.15.